The van der Waals surface area contributed by atoms with E-state index in [0.717, 1.165) is 21.3 Å². The van der Waals surface area contributed by atoms with Gasteiger partial charge in [0.2, 0.25) is 11.8 Å². The number of phenols is 1. The van der Waals surface area contributed by atoms with Gasteiger partial charge in [0.1, 0.15) is 24.5 Å². The molecule has 12 nitrogen and oxygen atoms in total. The molecule has 2 fully saturated rings. The van der Waals surface area contributed by atoms with Gasteiger partial charge in [-0.25, -0.2) is 14.8 Å². The average molecular weight is 535 g/mol. The lowest BCUT2D eigenvalue weighted by atomic mass is 9.99. The van der Waals surface area contributed by atoms with E-state index in [1.165, 1.54) is 40.4 Å². The maximum absolute atomic E-state index is 13.9. The zero-order valence-electron chi connectivity index (χ0n) is 20.6. The van der Waals surface area contributed by atoms with Gasteiger partial charge in [-0.1, -0.05) is 35.6 Å². The first-order valence-electron chi connectivity index (χ1n) is 11.9. The summed E-state index contributed by atoms with van der Waals surface area (Å²) in [7, 11) is 1.45. The number of hydrogen-bond acceptors (Lipinski definition) is 9. The number of nitrogens with one attached hydrogen (secondary N) is 1. The molecule has 13 heteroatoms. The van der Waals surface area contributed by atoms with Gasteiger partial charge >= 0.3 is 6.03 Å². The van der Waals surface area contributed by atoms with Crippen LogP contribution in [-0.2, 0) is 22.6 Å². The van der Waals surface area contributed by atoms with Crippen LogP contribution in [0.1, 0.15) is 11.1 Å². The van der Waals surface area contributed by atoms with Crippen molar-refractivity contribution < 1.29 is 19.5 Å². The number of hydrogen-bond donors (Lipinski definition) is 3. The Kier molecular flexibility index (Phi) is 6.75. The number of rotatable bonds is 6. The fourth-order valence-corrected chi connectivity index (χ4v) is 5.86. The summed E-state index contributed by atoms with van der Waals surface area (Å²) in [6.07, 6.45) is -0.440. The highest BCUT2D eigenvalue weighted by molar-refractivity contribution is 7.22. The number of amides is 4. The van der Waals surface area contributed by atoms with Crippen LogP contribution < -0.4 is 11.1 Å². The maximum Gasteiger partial charge on any atom is 0.332 e. The summed E-state index contributed by atoms with van der Waals surface area (Å²) in [5, 5.41) is 24.8. The van der Waals surface area contributed by atoms with Crippen LogP contribution in [0.4, 0.5) is 9.93 Å². The monoisotopic (exact) mass is 534 g/mol. The Balaban J connectivity index is 1.52. The number of phenolic OH excluding ortho intramolecular Hbond substituents is 1. The molecule has 2 saturated heterocycles. The van der Waals surface area contributed by atoms with Crippen molar-refractivity contribution in [2.45, 2.75) is 25.2 Å². The van der Waals surface area contributed by atoms with Crippen LogP contribution in [0.15, 0.2) is 42.5 Å². The normalized spacial score (nSPS) is 19.5. The molecule has 0 spiro atoms. The highest BCUT2D eigenvalue weighted by Gasteiger charge is 2.52. The number of thiazole rings is 1. The average Bonchev–Trinajstić information content (AvgIpc) is 3.45. The number of piperazine rings is 1. The van der Waals surface area contributed by atoms with Crippen LogP contribution in [0.25, 0.3) is 10.2 Å². The number of hydrazine groups is 1. The van der Waals surface area contributed by atoms with Crippen LogP contribution in [0, 0.1) is 11.3 Å². The molecule has 4 N–H and O–H groups in total. The van der Waals surface area contributed by atoms with E-state index >= 15 is 0 Å². The number of urea groups is 1. The quantitative estimate of drug-likeness (QED) is 0.396. The zero-order chi connectivity index (χ0) is 27.0. The Morgan fingerprint density at radius 2 is 2.05 bits per heavy atom. The lowest BCUT2D eigenvalue weighted by molar-refractivity contribution is -0.157. The smallest absolute Gasteiger partial charge is 0.332 e. The molecule has 2 aliphatic rings. The van der Waals surface area contributed by atoms with Crippen molar-refractivity contribution in [2.75, 3.05) is 32.4 Å². The fourth-order valence-electron chi connectivity index (χ4n) is 5.08. The molecular formula is C25H26N8O4S. The molecule has 2 aliphatic heterocycles. The van der Waals surface area contributed by atoms with Crippen molar-refractivity contribution in [2.24, 2.45) is 0 Å². The lowest BCUT2D eigenvalue weighted by Gasteiger charge is -2.46. The lowest BCUT2D eigenvalue weighted by Crippen LogP contribution is -2.66. The van der Waals surface area contributed by atoms with E-state index in [9.17, 15) is 24.8 Å². The third-order valence-corrected chi connectivity index (χ3v) is 7.64. The van der Waals surface area contributed by atoms with Gasteiger partial charge in [0.05, 0.1) is 29.4 Å². The van der Waals surface area contributed by atoms with Gasteiger partial charge in [0.15, 0.2) is 5.13 Å². The van der Waals surface area contributed by atoms with E-state index < -0.39 is 18.2 Å². The number of para-hydroxylation sites is 1. The molecule has 1 aromatic heterocycles. The van der Waals surface area contributed by atoms with Gasteiger partial charge in [-0.3, -0.25) is 9.59 Å². The predicted molar refractivity (Wildman–Crippen MR) is 139 cm³/mol. The summed E-state index contributed by atoms with van der Waals surface area (Å²) in [5.41, 5.74) is 8.24. The van der Waals surface area contributed by atoms with Crippen LogP contribution in [0.2, 0.25) is 0 Å². The highest BCUT2D eigenvalue weighted by Crippen LogP contribution is 2.32. The Labute approximate surface area is 222 Å². The Bertz CT molecular complexity index is 1440. The summed E-state index contributed by atoms with van der Waals surface area (Å²) < 4.78 is 0.907. The minimum absolute atomic E-state index is 0.0972. The Morgan fingerprint density at radius 3 is 2.76 bits per heavy atom. The SMILES string of the molecule is CNC(=O)N(CC#N)N1CC(=O)N2[C@@H](Cc3ccc(O)cc3)C(=O)N(Cc3cccc4sc(N)nc34)C[C@@H]21. The third-order valence-electron chi connectivity index (χ3n) is 6.79. The van der Waals surface area contributed by atoms with E-state index in [1.807, 2.05) is 24.3 Å². The summed E-state index contributed by atoms with van der Waals surface area (Å²) >= 11 is 1.36. The molecule has 5 rings (SSSR count). The van der Waals surface area contributed by atoms with Crippen molar-refractivity contribution in [3.8, 4) is 11.8 Å². The number of nitrogen functional groups attached to an aromatic ring is 1. The topological polar surface area (TPSA) is 159 Å². The largest absolute Gasteiger partial charge is 0.508 e. The number of fused-ring (bicyclic) bond motifs is 2. The third kappa shape index (κ3) is 4.55. The number of nitriles is 1. The second-order valence-electron chi connectivity index (χ2n) is 9.07. The van der Waals surface area contributed by atoms with Gasteiger partial charge in [-0.15, -0.1) is 0 Å². The summed E-state index contributed by atoms with van der Waals surface area (Å²) in [4.78, 5) is 47.4. The zero-order valence-corrected chi connectivity index (χ0v) is 21.4. The summed E-state index contributed by atoms with van der Waals surface area (Å²) in [6, 6.07) is 12.8. The fraction of sp³-hybridized carbons (Fsp3) is 0.320. The predicted octanol–water partition coefficient (Wildman–Crippen LogP) is 1.09. The first-order valence-corrected chi connectivity index (χ1v) is 12.8. The molecule has 0 bridgehead atoms. The van der Waals surface area contributed by atoms with Gasteiger partial charge in [0.25, 0.3) is 0 Å². The molecule has 0 aliphatic carbocycles. The van der Waals surface area contributed by atoms with Gasteiger partial charge in [0, 0.05) is 20.0 Å². The van der Waals surface area contributed by atoms with E-state index in [-0.39, 0.29) is 50.2 Å². The number of nitrogens with two attached hydrogens (primary N) is 1. The minimum atomic E-state index is -0.843. The number of aromatic nitrogens is 1. The molecule has 38 heavy (non-hydrogen) atoms. The number of nitrogens with zero attached hydrogens (tertiary/aromatic N) is 6. The van der Waals surface area contributed by atoms with Crippen molar-refractivity contribution in [3.05, 3.63) is 53.6 Å². The Morgan fingerprint density at radius 1 is 1.29 bits per heavy atom. The highest BCUT2D eigenvalue weighted by atomic mass is 32.1. The van der Waals surface area contributed by atoms with Gasteiger partial charge in [-0.2, -0.15) is 10.3 Å². The molecule has 4 amide bonds. The Hall–Kier alpha value is -4.41. The van der Waals surface area contributed by atoms with Crippen molar-refractivity contribution in [1.29, 1.82) is 5.26 Å². The van der Waals surface area contributed by atoms with E-state index in [4.69, 9.17) is 5.73 Å². The van der Waals surface area contributed by atoms with Crippen molar-refractivity contribution in [1.82, 2.24) is 30.1 Å². The molecular weight excluding hydrogens is 508 g/mol. The summed E-state index contributed by atoms with van der Waals surface area (Å²) in [5.74, 6) is -0.454. The van der Waals surface area contributed by atoms with Crippen LogP contribution >= 0.6 is 11.3 Å². The van der Waals surface area contributed by atoms with Gasteiger partial charge < -0.3 is 26.0 Å². The van der Waals surface area contributed by atoms with Crippen LogP contribution in [0.3, 0.4) is 0 Å². The summed E-state index contributed by atoms with van der Waals surface area (Å²) in [6.45, 7) is -0.0436. The van der Waals surface area contributed by atoms with Gasteiger partial charge in [-0.05, 0) is 29.3 Å². The number of benzene rings is 2. The number of anilines is 1. The maximum atomic E-state index is 13.9. The number of carbonyl (C=O) groups excluding carboxylic acids is 3. The first kappa shape index (κ1) is 25.2. The molecule has 2 aromatic carbocycles. The molecule has 2 atom stereocenters. The van der Waals surface area contributed by atoms with E-state index in [1.54, 1.807) is 22.0 Å². The first-order chi connectivity index (χ1) is 18.3. The molecule has 0 radical (unpaired) electrons. The second-order valence-corrected chi connectivity index (χ2v) is 10.1. The second kappa shape index (κ2) is 10.2. The number of aromatic hydroxyl groups is 1. The number of carbonyl (C=O) groups is 3. The van der Waals surface area contributed by atoms with Crippen LogP contribution in [-0.4, -0.2) is 86.6 Å². The van der Waals surface area contributed by atoms with Crippen molar-refractivity contribution in [3.63, 3.8) is 0 Å². The van der Waals surface area contributed by atoms with Crippen molar-refractivity contribution >= 4 is 44.5 Å². The van der Waals surface area contributed by atoms with Crippen LogP contribution in [0.5, 0.6) is 5.75 Å². The minimum Gasteiger partial charge on any atom is -0.508 e. The molecule has 196 valence electrons. The molecule has 0 saturated carbocycles. The van der Waals surface area contributed by atoms with E-state index in [2.05, 4.69) is 10.3 Å². The molecule has 3 aromatic rings. The standard InChI is InChI=1S/C25H26N8O4S/c1-28-25(37)31(10-9-26)32-14-21(35)33-18(11-15-5-7-17(34)8-6-15)23(36)30(13-20(32)33)12-16-3-2-4-19-22(16)29-24(27)38-19/h2-8,18,20,34H,10-14H2,1H3,(H2,27,29)(H,28,37)/t18-,20+/m0/s1. The molecule has 0 unspecified atom stereocenters. The van der Waals surface area contributed by atoms with E-state index in [0.29, 0.717) is 5.13 Å². The molecule has 3 heterocycles.